The smallest absolute Gasteiger partial charge is 0.257 e. The van der Waals surface area contributed by atoms with E-state index in [1.807, 2.05) is 24.5 Å². The summed E-state index contributed by atoms with van der Waals surface area (Å²) >= 11 is 0. The Morgan fingerprint density at radius 2 is 2.13 bits per heavy atom. The van der Waals surface area contributed by atoms with Gasteiger partial charge in [-0.25, -0.2) is 4.57 Å². The van der Waals surface area contributed by atoms with Crippen molar-refractivity contribution in [2.24, 2.45) is 0 Å². The van der Waals surface area contributed by atoms with Gasteiger partial charge in [-0.15, -0.1) is 0 Å². The van der Waals surface area contributed by atoms with Crippen molar-refractivity contribution in [2.75, 3.05) is 20.3 Å². The van der Waals surface area contributed by atoms with E-state index in [2.05, 4.69) is 26.9 Å². The minimum atomic E-state index is -0.181. The second kappa shape index (κ2) is 11.1. The van der Waals surface area contributed by atoms with Gasteiger partial charge in [0.25, 0.3) is 5.91 Å². The molecule has 0 unspecified atom stereocenters. The van der Waals surface area contributed by atoms with Crippen LogP contribution < -0.4 is 14.6 Å². The van der Waals surface area contributed by atoms with Crippen LogP contribution in [0.5, 0.6) is 5.75 Å². The first-order chi connectivity index (χ1) is 11.3. The summed E-state index contributed by atoms with van der Waals surface area (Å²) in [6, 6.07) is 3.70. The molecule has 0 aliphatic rings. The first-order valence-corrected chi connectivity index (χ1v) is 7.37. The second-order valence-corrected chi connectivity index (χ2v) is 4.50. The molecule has 0 bridgehead atoms. The standard InChI is InChI=1S/C14H18N4O3.CH4O/c1-2-7-18-8-4-12(5-9-18)20-10-13(19)15-6-3-14-16-11-17-21-14;1-2/h4-5,8-9,11H,2-3,6-7,10H2,1H3;2H,1H3/p+1. The predicted octanol–water partition coefficient (Wildman–Crippen LogP) is 0.113. The van der Waals surface area contributed by atoms with Gasteiger partial charge < -0.3 is 19.7 Å². The number of aliphatic hydroxyl groups is 1. The summed E-state index contributed by atoms with van der Waals surface area (Å²) in [6.07, 6.45) is 6.79. The quantitative estimate of drug-likeness (QED) is 0.669. The SMILES string of the molecule is CCC[n+]1ccc(OCC(=O)NCCc2ncno2)cc1.CO. The summed E-state index contributed by atoms with van der Waals surface area (Å²) in [6.45, 7) is 3.52. The molecule has 126 valence electrons. The number of ether oxygens (including phenoxy) is 1. The third-order valence-corrected chi connectivity index (χ3v) is 2.78. The zero-order valence-electron chi connectivity index (χ0n) is 13.4. The van der Waals surface area contributed by atoms with E-state index in [0.29, 0.717) is 24.6 Å². The zero-order chi connectivity index (χ0) is 16.9. The number of carbonyl (C=O) groups excluding carboxylic acids is 1. The van der Waals surface area contributed by atoms with Crippen LogP contribution in [0.4, 0.5) is 0 Å². The molecule has 0 atom stereocenters. The Balaban J connectivity index is 0.00000127. The van der Waals surface area contributed by atoms with Crippen molar-refractivity contribution in [1.29, 1.82) is 0 Å². The first-order valence-electron chi connectivity index (χ1n) is 7.37. The van der Waals surface area contributed by atoms with Crippen molar-refractivity contribution in [3.63, 3.8) is 0 Å². The minimum absolute atomic E-state index is 0.0123. The zero-order valence-corrected chi connectivity index (χ0v) is 13.4. The molecule has 2 heterocycles. The van der Waals surface area contributed by atoms with Gasteiger partial charge in [0.05, 0.1) is 0 Å². The van der Waals surface area contributed by atoms with Crippen LogP contribution in [0.15, 0.2) is 35.4 Å². The summed E-state index contributed by atoms with van der Waals surface area (Å²) in [4.78, 5) is 15.5. The molecule has 2 aromatic heterocycles. The van der Waals surface area contributed by atoms with Crippen LogP contribution in [0.2, 0.25) is 0 Å². The van der Waals surface area contributed by atoms with Gasteiger partial charge in [-0.2, -0.15) is 4.98 Å². The Labute approximate surface area is 135 Å². The summed E-state index contributed by atoms with van der Waals surface area (Å²) in [5.74, 6) is 0.994. The van der Waals surface area contributed by atoms with E-state index < -0.39 is 0 Å². The molecule has 0 saturated carbocycles. The summed E-state index contributed by atoms with van der Waals surface area (Å²) < 4.78 is 12.3. The highest BCUT2D eigenvalue weighted by Gasteiger charge is 2.05. The number of pyridine rings is 1. The number of hydrogen-bond acceptors (Lipinski definition) is 6. The molecule has 2 aromatic rings. The van der Waals surface area contributed by atoms with Gasteiger partial charge in [-0.1, -0.05) is 12.1 Å². The Morgan fingerprint density at radius 3 is 2.74 bits per heavy atom. The lowest BCUT2D eigenvalue weighted by atomic mass is 10.4. The molecular weight excluding hydrogens is 300 g/mol. The van der Waals surface area contributed by atoms with E-state index in [-0.39, 0.29) is 12.5 Å². The molecule has 0 fully saturated rings. The minimum Gasteiger partial charge on any atom is -0.483 e. The van der Waals surface area contributed by atoms with E-state index in [1.54, 1.807) is 0 Å². The summed E-state index contributed by atoms with van der Waals surface area (Å²) in [5, 5.41) is 13.2. The molecule has 0 aromatic carbocycles. The van der Waals surface area contributed by atoms with Gasteiger partial charge in [-0.3, -0.25) is 4.79 Å². The molecule has 0 aliphatic heterocycles. The van der Waals surface area contributed by atoms with E-state index in [9.17, 15) is 4.79 Å². The van der Waals surface area contributed by atoms with Gasteiger partial charge in [-0.05, 0) is 0 Å². The second-order valence-electron chi connectivity index (χ2n) is 4.50. The average molecular weight is 323 g/mol. The normalized spacial score (nSPS) is 9.70. The highest BCUT2D eigenvalue weighted by atomic mass is 16.5. The van der Waals surface area contributed by atoms with E-state index in [1.165, 1.54) is 6.33 Å². The van der Waals surface area contributed by atoms with Crippen molar-refractivity contribution in [3.8, 4) is 5.75 Å². The maximum absolute atomic E-state index is 11.6. The van der Waals surface area contributed by atoms with Crippen LogP contribution in [0.3, 0.4) is 0 Å². The third kappa shape index (κ3) is 7.37. The van der Waals surface area contributed by atoms with Gasteiger partial charge >= 0.3 is 0 Å². The number of hydrogen-bond donors (Lipinski definition) is 2. The van der Waals surface area contributed by atoms with Gasteiger partial charge in [0, 0.05) is 38.6 Å². The molecule has 0 radical (unpaired) electrons. The number of amides is 1. The van der Waals surface area contributed by atoms with Crippen LogP contribution in [0.25, 0.3) is 0 Å². The largest absolute Gasteiger partial charge is 0.483 e. The highest BCUT2D eigenvalue weighted by Crippen LogP contribution is 2.05. The Bertz CT molecular complexity index is 543. The number of rotatable bonds is 8. The van der Waals surface area contributed by atoms with Crippen LogP contribution in [0, 0.1) is 0 Å². The Morgan fingerprint density at radius 1 is 1.39 bits per heavy atom. The first kappa shape index (κ1) is 18.6. The maximum atomic E-state index is 11.6. The molecule has 23 heavy (non-hydrogen) atoms. The number of nitrogens with zero attached hydrogens (tertiary/aromatic N) is 3. The molecular formula is C15H23N4O4+. The Kier molecular flexibility index (Phi) is 8.99. The lowest BCUT2D eigenvalue weighted by molar-refractivity contribution is -0.697. The van der Waals surface area contributed by atoms with Crippen molar-refractivity contribution >= 4 is 5.91 Å². The number of aryl methyl sites for hydroxylation is 1. The lowest BCUT2D eigenvalue weighted by Crippen LogP contribution is -2.32. The number of aliphatic hydroxyl groups excluding tert-OH is 1. The fourth-order valence-electron chi connectivity index (χ4n) is 1.76. The molecule has 2 rings (SSSR count). The molecule has 2 N–H and O–H groups in total. The molecule has 0 aliphatic carbocycles. The number of nitrogens with one attached hydrogen (secondary N) is 1. The fourth-order valence-corrected chi connectivity index (χ4v) is 1.76. The van der Waals surface area contributed by atoms with Crippen molar-refractivity contribution in [2.45, 2.75) is 26.3 Å². The highest BCUT2D eigenvalue weighted by molar-refractivity contribution is 5.77. The fraction of sp³-hybridized carbons (Fsp3) is 0.467. The van der Waals surface area contributed by atoms with E-state index >= 15 is 0 Å². The third-order valence-electron chi connectivity index (χ3n) is 2.78. The van der Waals surface area contributed by atoms with Crippen molar-refractivity contribution in [3.05, 3.63) is 36.7 Å². The number of aromatic nitrogens is 3. The number of carbonyl (C=O) groups is 1. The summed E-state index contributed by atoms with van der Waals surface area (Å²) in [5.41, 5.74) is 0. The van der Waals surface area contributed by atoms with Crippen molar-refractivity contribution in [1.82, 2.24) is 15.5 Å². The van der Waals surface area contributed by atoms with Crippen molar-refractivity contribution < 1.29 is 23.7 Å². The van der Waals surface area contributed by atoms with E-state index in [4.69, 9.17) is 14.4 Å². The van der Waals surface area contributed by atoms with Gasteiger partial charge in [0.2, 0.25) is 5.89 Å². The monoisotopic (exact) mass is 323 g/mol. The summed E-state index contributed by atoms with van der Waals surface area (Å²) in [7, 11) is 1.00. The molecule has 0 spiro atoms. The molecule has 8 heteroatoms. The van der Waals surface area contributed by atoms with Crippen LogP contribution in [-0.4, -0.2) is 41.4 Å². The van der Waals surface area contributed by atoms with Crippen LogP contribution in [-0.2, 0) is 17.8 Å². The Hall–Kier alpha value is -2.48. The van der Waals surface area contributed by atoms with Gasteiger partial charge in [0.1, 0.15) is 12.3 Å². The molecule has 0 saturated heterocycles. The average Bonchev–Trinajstić information content (AvgIpc) is 3.10. The molecule has 1 amide bonds. The van der Waals surface area contributed by atoms with Crippen LogP contribution >= 0.6 is 0 Å². The van der Waals surface area contributed by atoms with Gasteiger partial charge in [0.15, 0.2) is 25.3 Å². The molecule has 8 nitrogen and oxygen atoms in total. The lowest BCUT2D eigenvalue weighted by Gasteiger charge is -2.06. The van der Waals surface area contributed by atoms with E-state index in [0.717, 1.165) is 20.1 Å². The maximum Gasteiger partial charge on any atom is 0.257 e. The predicted molar refractivity (Wildman–Crippen MR) is 81.6 cm³/mol. The van der Waals surface area contributed by atoms with Crippen LogP contribution in [0.1, 0.15) is 19.2 Å². The topological polar surface area (TPSA) is 101 Å².